The summed E-state index contributed by atoms with van der Waals surface area (Å²) in [4.78, 5) is 18.0. The number of hydrogen-bond acceptors (Lipinski definition) is 7. The van der Waals surface area contributed by atoms with E-state index in [2.05, 4.69) is 25.0 Å². The first-order valence-electron chi connectivity index (χ1n) is 10.1. The predicted molar refractivity (Wildman–Crippen MR) is 122 cm³/mol. The molecule has 0 saturated heterocycles. The van der Waals surface area contributed by atoms with Crippen LogP contribution in [0.2, 0.25) is 0 Å². The van der Waals surface area contributed by atoms with Gasteiger partial charge in [-0.15, -0.1) is 5.10 Å². The van der Waals surface area contributed by atoms with Gasteiger partial charge in [-0.1, -0.05) is 12.1 Å². The highest BCUT2D eigenvalue weighted by Crippen LogP contribution is 2.28. The third-order valence-corrected chi connectivity index (χ3v) is 4.76. The fourth-order valence-corrected chi connectivity index (χ4v) is 3.34. The molecule has 32 heavy (non-hydrogen) atoms. The van der Waals surface area contributed by atoms with Crippen LogP contribution in [0.5, 0.6) is 11.5 Å². The van der Waals surface area contributed by atoms with E-state index in [4.69, 9.17) is 9.47 Å². The lowest BCUT2D eigenvalue weighted by Gasteiger charge is -2.10. The molecular formula is C24H24N6O2. The van der Waals surface area contributed by atoms with Gasteiger partial charge < -0.3 is 9.47 Å². The summed E-state index contributed by atoms with van der Waals surface area (Å²) in [6.45, 7) is 3.73. The van der Waals surface area contributed by atoms with Crippen LogP contribution >= 0.6 is 0 Å². The number of rotatable bonds is 7. The zero-order chi connectivity index (χ0) is 22.5. The summed E-state index contributed by atoms with van der Waals surface area (Å²) >= 11 is 0. The molecule has 0 atom stereocenters. The van der Waals surface area contributed by atoms with Crippen molar-refractivity contribution in [2.75, 3.05) is 14.2 Å². The van der Waals surface area contributed by atoms with Crippen molar-refractivity contribution in [3.63, 3.8) is 0 Å². The molecule has 8 nitrogen and oxygen atoms in total. The number of pyridine rings is 1. The fraction of sp³-hybridized carbons (Fsp3) is 0.208. The van der Waals surface area contributed by atoms with Crippen LogP contribution in [0.25, 0.3) is 18.0 Å². The summed E-state index contributed by atoms with van der Waals surface area (Å²) in [7, 11) is 3.24. The molecule has 0 bridgehead atoms. The number of methoxy groups -OCH3 is 2. The molecule has 0 N–H and O–H groups in total. The molecule has 3 heterocycles. The molecule has 0 radical (unpaired) electrons. The zero-order valence-corrected chi connectivity index (χ0v) is 18.5. The van der Waals surface area contributed by atoms with E-state index in [1.54, 1.807) is 25.1 Å². The average molecular weight is 428 g/mol. The summed E-state index contributed by atoms with van der Waals surface area (Å²) < 4.78 is 12.5. The molecule has 0 fully saturated rings. The van der Waals surface area contributed by atoms with Crippen molar-refractivity contribution >= 4 is 12.2 Å². The normalized spacial score (nSPS) is 11.1. The van der Waals surface area contributed by atoms with Gasteiger partial charge in [0.1, 0.15) is 17.5 Å². The molecule has 1 aromatic carbocycles. The highest BCUT2D eigenvalue weighted by Gasteiger charge is 2.14. The van der Waals surface area contributed by atoms with Crippen molar-refractivity contribution in [2.24, 2.45) is 0 Å². The Kier molecular flexibility index (Phi) is 6.21. The van der Waals surface area contributed by atoms with Crippen molar-refractivity contribution in [3.8, 4) is 17.3 Å². The Morgan fingerprint density at radius 1 is 0.844 bits per heavy atom. The van der Waals surface area contributed by atoms with E-state index >= 15 is 0 Å². The van der Waals surface area contributed by atoms with E-state index in [1.165, 1.54) is 0 Å². The topological polar surface area (TPSA) is 87.8 Å². The molecule has 0 aliphatic heterocycles. The van der Waals surface area contributed by atoms with E-state index in [-0.39, 0.29) is 0 Å². The number of ether oxygens (including phenoxy) is 2. The predicted octanol–water partition coefficient (Wildman–Crippen LogP) is 3.85. The van der Waals surface area contributed by atoms with Crippen molar-refractivity contribution in [2.45, 2.75) is 20.3 Å². The highest BCUT2D eigenvalue weighted by molar-refractivity contribution is 5.66. The second-order valence-corrected chi connectivity index (χ2v) is 7.14. The zero-order valence-electron chi connectivity index (χ0n) is 18.5. The number of nitrogens with zero attached hydrogens (tertiary/aromatic N) is 6. The van der Waals surface area contributed by atoms with Gasteiger partial charge in [0.2, 0.25) is 0 Å². The molecule has 4 aromatic rings. The van der Waals surface area contributed by atoms with Crippen LogP contribution in [0.1, 0.15) is 34.4 Å². The molecule has 3 aromatic heterocycles. The van der Waals surface area contributed by atoms with Crippen LogP contribution in [0.15, 0.2) is 48.7 Å². The third-order valence-electron chi connectivity index (χ3n) is 4.76. The second kappa shape index (κ2) is 9.38. The lowest BCUT2D eigenvalue weighted by molar-refractivity contribution is 0.354. The Morgan fingerprint density at radius 2 is 1.66 bits per heavy atom. The molecule has 0 aliphatic carbocycles. The van der Waals surface area contributed by atoms with Gasteiger partial charge in [0.05, 0.1) is 25.6 Å². The van der Waals surface area contributed by atoms with Crippen molar-refractivity contribution in [1.29, 1.82) is 0 Å². The molecule has 162 valence electrons. The number of aromatic nitrogens is 6. The summed E-state index contributed by atoms with van der Waals surface area (Å²) in [6.07, 6.45) is 6.15. The molecule has 8 heteroatoms. The van der Waals surface area contributed by atoms with Crippen LogP contribution in [-0.2, 0) is 6.42 Å². The SMILES string of the molecule is COc1ccc(Cc2nc(C)nn2-c2cc(C=Cc3ccccn3)nc(C)n2)cc1OC. The summed E-state index contributed by atoms with van der Waals surface area (Å²) in [5.74, 6) is 4.11. The number of hydrogen-bond donors (Lipinski definition) is 0. The van der Waals surface area contributed by atoms with Gasteiger partial charge in [-0.2, -0.15) is 4.68 Å². The summed E-state index contributed by atoms with van der Waals surface area (Å²) in [6, 6.07) is 13.5. The van der Waals surface area contributed by atoms with Gasteiger partial charge in [-0.25, -0.2) is 15.0 Å². The highest BCUT2D eigenvalue weighted by atomic mass is 16.5. The van der Waals surface area contributed by atoms with Crippen molar-refractivity contribution in [1.82, 2.24) is 29.7 Å². The van der Waals surface area contributed by atoms with Crippen LogP contribution in [0.4, 0.5) is 0 Å². The largest absolute Gasteiger partial charge is 0.493 e. The van der Waals surface area contributed by atoms with Crippen LogP contribution in [0, 0.1) is 13.8 Å². The van der Waals surface area contributed by atoms with Crippen LogP contribution in [0.3, 0.4) is 0 Å². The van der Waals surface area contributed by atoms with Gasteiger partial charge in [0.15, 0.2) is 17.3 Å². The van der Waals surface area contributed by atoms with E-state index in [9.17, 15) is 0 Å². The molecule has 0 saturated carbocycles. The minimum Gasteiger partial charge on any atom is -0.493 e. The van der Waals surface area contributed by atoms with Gasteiger partial charge in [0, 0.05) is 18.7 Å². The third kappa shape index (κ3) is 4.80. The fourth-order valence-electron chi connectivity index (χ4n) is 3.34. The quantitative estimate of drug-likeness (QED) is 0.442. The Labute approximate surface area is 186 Å². The van der Waals surface area contributed by atoms with Crippen molar-refractivity contribution in [3.05, 3.63) is 83.1 Å². The minimum absolute atomic E-state index is 0.559. The van der Waals surface area contributed by atoms with E-state index < -0.39 is 0 Å². The molecule has 0 spiro atoms. The Hall–Kier alpha value is -4.07. The summed E-state index contributed by atoms with van der Waals surface area (Å²) in [5, 5.41) is 4.58. The Morgan fingerprint density at radius 3 is 2.41 bits per heavy atom. The Bertz CT molecular complexity index is 1250. The molecular weight excluding hydrogens is 404 g/mol. The van der Waals surface area contributed by atoms with Gasteiger partial charge in [-0.3, -0.25) is 4.98 Å². The van der Waals surface area contributed by atoms with E-state index in [0.29, 0.717) is 35.4 Å². The molecule has 0 unspecified atom stereocenters. The lowest BCUT2D eigenvalue weighted by Crippen LogP contribution is -2.08. The first kappa shape index (κ1) is 21.2. The standard InChI is InChI=1S/C24H24N6O2/c1-16-26-20(10-9-19-7-5-6-12-25-19)15-24(27-16)30-23(28-17(2)29-30)14-18-8-11-21(31-3)22(13-18)32-4/h5-13,15H,14H2,1-4H3. The minimum atomic E-state index is 0.559. The van der Waals surface area contributed by atoms with Crippen LogP contribution < -0.4 is 9.47 Å². The average Bonchev–Trinajstić information content (AvgIpc) is 3.18. The van der Waals surface area contributed by atoms with Gasteiger partial charge >= 0.3 is 0 Å². The molecule has 0 aliphatic rings. The first-order valence-corrected chi connectivity index (χ1v) is 10.1. The van der Waals surface area contributed by atoms with E-state index in [1.807, 2.05) is 68.5 Å². The maximum atomic E-state index is 5.43. The lowest BCUT2D eigenvalue weighted by atomic mass is 10.1. The van der Waals surface area contributed by atoms with E-state index in [0.717, 1.165) is 22.8 Å². The maximum absolute atomic E-state index is 5.43. The molecule has 0 amide bonds. The van der Waals surface area contributed by atoms with Crippen molar-refractivity contribution < 1.29 is 9.47 Å². The van der Waals surface area contributed by atoms with Crippen LogP contribution in [-0.4, -0.2) is 43.9 Å². The second-order valence-electron chi connectivity index (χ2n) is 7.14. The van der Waals surface area contributed by atoms with Gasteiger partial charge in [0.25, 0.3) is 0 Å². The Balaban J connectivity index is 1.66. The van der Waals surface area contributed by atoms with Gasteiger partial charge in [-0.05, 0) is 55.8 Å². The number of benzene rings is 1. The number of aryl methyl sites for hydroxylation is 2. The molecule has 4 rings (SSSR count). The summed E-state index contributed by atoms with van der Waals surface area (Å²) in [5.41, 5.74) is 2.65. The first-order chi connectivity index (χ1) is 15.6. The maximum Gasteiger partial charge on any atom is 0.161 e. The smallest absolute Gasteiger partial charge is 0.161 e. The monoisotopic (exact) mass is 428 g/mol.